The van der Waals surface area contributed by atoms with Gasteiger partial charge in [-0.2, -0.15) is 0 Å². The van der Waals surface area contributed by atoms with Gasteiger partial charge in [0.25, 0.3) is 5.91 Å². The third-order valence-corrected chi connectivity index (χ3v) is 3.15. The van der Waals surface area contributed by atoms with E-state index in [1.54, 1.807) is 19.9 Å². The van der Waals surface area contributed by atoms with E-state index in [2.05, 4.69) is 16.0 Å². The van der Waals surface area contributed by atoms with Crippen LogP contribution in [0.4, 0.5) is 4.39 Å². The summed E-state index contributed by atoms with van der Waals surface area (Å²) in [5.41, 5.74) is -0.107. The van der Waals surface area contributed by atoms with E-state index in [0.29, 0.717) is 6.54 Å². The van der Waals surface area contributed by atoms with E-state index in [-0.39, 0.29) is 29.8 Å². The molecule has 0 aliphatic heterocycles. The summed E-state index contributed by atoms with van der Waals surface area (Å²) in [4.78, 5) is 35.0. The molecule has 1 aromatic carbocycles. The average Bonchev–Trinajstić information content (AvgIpc) is 2.48. The molecule has 0 heterocycles. The Morgan fingerprint density at radius 3 is 2.26 bits per heavy atom. The van der Waals surface area contributed by atoms with E-state index in [1.807, 2.05) is 0 Å². The Balaban J connectivity index is 2.64. The molecule has 126 valence electrons. The second kappa shape index (κ2) is 8.87. The Morgan fingerprint density at radius 2 is 1.70 bits per heavy atom. The molecule has 0 saturated heterocycles. The van der Waals surface area contributed by atoms with E-state index in [9.17, 15) is 18.8 Å². The quantitative estimate of drug-likeness (QED) is 0.650. The minimum absolute atomic E-state index is 0.107. The van der Waals surface area contributed by atoms with Crippen LogP contribution in [0.3, 0.4) is 0 Å². The average molecular weight is 323 g/mol. The molecule has 0 aliphatic rings. The minimum atomic E-state index is -0.792. The molecular weight excluding hydrogens is 301 g/mol. The predicted molar refractivity (Wildman–Crippen MR) is 84.2 cm³/mol. The molecule has 0 aliphatic carbocycles. The van der Waals surface area contributed by atoms with Crippen LogP contribution in [0.25, 0.3) is 0 Å². The van der Waals surface area contributed by atoms with Gasteiger partial charge in [0.05, 0.1) is 5.56 Å². The summed E-state index contributed by atoms with van der Waals surface area (Å²) in [6.07, 6.45) is 0. The third kappa shape index (κ3) is 6.06. The van der Waals surface area contributed by atoms with E-state index in [1.165, 1.54) is 25.1 Å². The Hall–Kier alpha value is -2.44. The van der Waals surface area contributed by atoms with Gasteiger partial charge in [0.2, 0.25) is 11.8 Å². The monoisotopic (exact) mass is 323 g/mol. The van der Waals surface area contributed by atoms with Gasteiger partial charge in [-0.3, -0.25) is 14.4 Å². The molecule has 0 radical (unpaired) electrons. The van der Waals surface area contributed by atoms with Gasteiger partial charge in [0.1, 0.15) is 11.9 Å². The van der Waals surface area contributed by atoms with Crippen molar-refractivity contribution in [3.8, 4) is 0 Å². The summed E-state index contributed by atoms with van der Waals surface area (Å²) in [7, 11) is 0. The summed E-state index contributed by atoms with van der Waals surface area (Å²) >= 11 is 0. The van der Waals surface area contributed by atoms with Crippen molar-refractivity contribution in [3.63, 3.8) is 0 Å². The van der Waals surface area contributed by atoms with E-state index in [4.69, 9.17) is 0 Å². The van der Waals surface area contributed by atoms with Crippen LogP contribution in [0.1, 0.15) is 31.1 Å². The van der Waals surface area contributed by atoms with Crippen molar-refractivity contribution in [2.75, 3.05) is 13.1 Å². The Bertz CT molecular complexity index is 575. The molecule has 0 fully saturated rings. The van der Waals surface area contributed by atoms with Gasteiger partial charge in [0, 0.05) is 20.0 Å². The zero-order valence-corrected chi connectivity index (χ0v) is 13.5. The highest BCUT2D eigenvalue weighted by Gasteiger charge is 2.25. The van der Waals surface area contributed by atoms with Crippen LogP contribution < -0.4 is 16.0 Å². The van der Waals surface area contributed by atoms with E-state index < -0.39 is 17.8 Å². The van der Waals surface area contributed by atoms with Gasteiger partial charge in [-0.25, -0.2) is 4.39 Å². The van der Waals surface area contributed by atoms with Gasteiger partial charge in [-0.05, 0) is 18.1 Å². The molecular formula is C16H22FN3O3. The molecule has 23 heavy (non-hydrogen) atoms. The first-order valence-electron chi connectivity index (χ1n) is 7.40. The van der Waals surface area contributed by atoms with Gasteiger partial charge >= 0.3 is 0 Å². The largest absolute Gasteiger partial charge is 0.355 e. The summed E-state index contributed by atoms with van der Waals surface area (Å²) in [5, 5.41) is 7.73. The van der Waals surface area contributed by atoms with Crippen LogP contribution in [-0.4, -0.2) is 36.9 Å². The molecule has 7 heteroatoms. The molecule has 1 aromatic rings. The topological polar surface area (TPSA) is 87.3 Å². The lowest BCUT2D eigenvalue weighted by molar-refractivity contribution is -0.124. The van der Waals surface area contributed by atoms with Gasteiger partial charge in [-0.1, -0.05) is 26.0 Å². The second-order valence-electron chi connectivity index (χ2n) is 5.45. The number of hydrogen-bond donors (Lipinski definition) is 3. The number of amides is 3. The van der Waals surface area contributed by atoms with Crippen LogP contribution in [0.5, 0.6) is 0 Å². The fraction of sp³-hybridized carbons (Fsp3) is 0.438. The SMILES string of the molecule is CC(=O)NCCNC(=O)C(NC(=O)c1ccccc1F)C(C)C. The summed E-state index contributed by atoms with van der Waals surface area (Å²) < 4.78 is 13.6. The number of hydrogen-bond acceptors (Lipinski definition) is 3. The number of carbonyl (C=O) groups is 3. The van der Waals surface area contributed by atoms with Gasteiger partial charge < -0.3 is 16.0 Å². The number of rotatable bonds is 7. The van der Waals surface area contributed by atoms with Crippen LogP contribution in [0.15, 0.2) is 24.3 Å². The Labute approximate surface area is 134 Å². The second-order valence-corrected chi connectivity index (χ2v) is 5.45. The highest BCUT2D eigenvalue weighted by atomic mass is 19.1. The Kier molecular flexibility index (Phi) is 7.18. The molecule has 0 aromatic heterocycles. The fourth-order valence-electron chi connectivity index (χ4n) is 1.93. The minimum Gasteiger partial charge on any atom is -0.355 e. The van der Waals surface area contributed by atoms with Crippen LogP contribution in [0.2, 0.25) is 0 Å². The molecule has 6 nitrogen and oxygen atoms in total. The zero-order chi connectivity index (χ0) is 17.4. The van der Waals surface area contributed by atoms with E-state index >= 15 is 0 Å². The van der Waals surface area contributed by atoms with Crippen molar-refractivity contribution in [3.05, 3.63) is 35.6 Å². The highest BCUT2D eigenvalue weighted by molar-refractivity contribution is 5.97. The van der Waals surface area contributed by atoms with Gasteiger partial charge in [-0.15, -0.1) is 0 Å². The molecule has 1 unspecified atom stereocenters. The third-order valence-electron chi connectivity index (χ3n) is 3.15. The smallest absolute Gasteiger partial charge is 0.254 e. The molecule has 1 rings (SSSR count). The lowest BCUT2D eigenvalue weighted by atomic mass is 10.0. The number of carbonyl (C=O) groups excluding carboxylic acids is 3. The molecule has 0 spiro atoms. The van der Waals surface area contributed by atoms with Crippen molar-refractivity contribution in [1.29, 1.82) is 0 Å². The summed E-state index contributed by atoms with van der Waals surface area (Å²) in [6, 6.07) is 4.79. The number of nitrogens with one attached hydrogen (secondary N) is 3. The zero-order valence-electron chi connectivity index (χ0n) is 13.5. The maximum Gasteiger partial charge on any atom is 0.254 e. The molecule has 1 atom stereocenters. The van der Waals surface area contributed by atoms with Crippen molar-refractivity contribution in [2.45, 2.75) is 26.8 Å². The summed E-state index contributed by atoms with van der Waals surface area (Å²) in [6.45, 7) is 5.48. The molecule has 3 amide bonds. The first-order valence-corrected chi connectivity index (χ1v) is 7.40. The maximum atomic E-state index is 13.6. The van der Waals surface area contributed by atoms with Crippen molar-refractivity contribution in [2.24, 2.45) is 5.92 Å². The fourth-order valence-corrected chi connectivity index (χ4v) is 1.93. The van der Waals surface area contributed by atoms with Crippen LogP contribution in [-0.2, 0) is 9.59 Å². The predicted octanol–water partition coefficient (Wildman–Crippen LogP) is 0.832. The van der Waals surface area contributed by atoms with Crippen molar-refractivity contribution < 1.29 is 18.8 Å². The maximum absolute atomic E-state index is 13.6. The standard InChI is InChI=1S/C16H22FN3O3/c1-10(2)14(16(23)19-9-8-18-11(3)21)20-15(22)12-6-4-5-7-13(12)17/h4-7,10,14H,8-9H2,1-3H3,(H,18,21)(H,19,23)(H,20,22). The number of halogens is 1. The van der Waals surface area contributed by atoms with Gasteiger partial charge in [0.15, 0.2) is 0 Å². The van der Waals surface area contributed by atoms with E-state index in [0.717, 1.165) is 0 Å². The first-order chi connectivity index (χ1) is 10.8. The Morgan fingerprint density at radius 1 is 1.09 bits per heavy atom. The van der Waals surface area contributed by atoms with Crippen LogP contribution in [0, 0.1) is 11.7 Å². The first kappa shape index (κ1) is 18.6. The molecule has 0 bridgehead atoms. The summed E-state index contributed by atoms with van der Waals surface area (Å²) in [5.74, 6) is -2.02. The van der Waals surface area contributed by atoms with Crippen LogP contribution >= 0.6 is 0 Å². The van der Waals surface area contributed by atoms with Crippen molar-refractivity contribution in [1.82, 2.24) is 16.0 Å². The van der Waals surface area contributed by atoms with Crippen molar-refractivity contribution >= 4 is 17.7 Å². The molecule has 3 N–H and O–H groups in total. The lowest BCUT2D eigenvalue weighted by Crippen LogP contribution is -2.50. The highest BCUT2D eigenvalue weighted by Crippen LogP contribution is 2.08. The number of benzene rings is 1. The molecule has 0 saturated carbocycles. The normalized spacial score (nSPS) is 11.7. The lowest BCUT2D eigenvalue weighted by Gasteiger charge is -2.22.